The fourth-order valence-electron chi connectivity index (χ4n) is 0.850. The van der Waals surface area contributed by atoms with Gasteiger partial charge in [-0.05, 0) is 17.7 Å². The van der Waals surface area contributed by atoms with E-state index in [1.807, 2.05) is 12.1 Å². The topological polar surface area (TPSA) is 29.1 Å². The van der Waals surface area contributed by atoms with Crippen molar-refractivity contribution in [1.29, 1.82) is 0 Å². The lowest BCUT2D eigenvalue weighted by Gasteiger charge is -2.02. The Hall–Kier alpha value is -0.540. The number of benzene rings is 1. The average Bonchev–Trinajstić information content (AvgIpc) is 2.16. The van der Waals surface area contributed by atoms with Crippen molar-refractivity contribution in [3.05, 3.63) is 34.9 Å². The van der Waals surface area contributed by atoms with Crippen LogP contribution in [0.1, 0.15) is 5.56 Å². The standard InChI is InChI=1S/C9H9BrClNO/c10-5-9(13)12-6-7-1-3-8(11)4-2-7/h1-4H,5-6H2,(H,12,13). The highest BCUT2D eigenvalue weighted by Gasteiger charge is 1.97. The molecule has 0 aromatic heterocycles. The van der Waals surface area contributed by atoms with Gasteiger partial charge in [0.15, 0.2) is 0 Å². The lowest BCUT2D eigenvalue weighted by molar-refractivity contribution is -0.118. The van der Waals surface area contributed by atoms with Gasteiger partial charge in [-0.15, -0.1) is 0 Å². The van der Waals surface area contributed by atoms with Gasteiger partial charge >= 0.3 is 0 Å². The minimum Gasteiger partial charge on any atom is -0.351 e. The second kappa shape index (κ2) is 5.25. The molecule has 0 aliphatic heterocycles. The predicted octanol–water partition coefficient (Wildman–Crippen LogP) is 2.35. The molecule has 1 aromatic carbocycles. The number of amides is 1. The summed E-state index contributed by atoms with van der Waals surface area (Å²) >= 11 is 8.77. The maximum absolute atomic E-state index is 10.9. The average molecular weight is 263 g/mol. The predicted molar refractivity (Wildman–Crippen MR) is 57.1 cm³/mol. The molecule has 13 heavy (non-hydrogen) atoms. The minimum absolute atomic E-state index is 0.0186. The molecule has 4 heteroatoms. The quantitative estimate of drug-likeness (QED) is 0.833. The van der Waals surface area contributed by atoms with Crippen molar-refractivity contribution < 1.29 is 4.79 Å². The van der Waals surface area contributed by atoms with Crippen LogP contribution in [0.4, 0.5) is 0 Å². The van der Waals surface area contributed by atoms with E-state index in [9.17, 15) is 4.79 Å². The lowest BCUT2D eigenvalue weighted by Crippen LogP contribution is -2.23. The molecule has 0 atom stereocenters. The maximum Gasteiger partial charge on any atom is 0.230 e. The molecule has 0 fully saturated rings. The van der Waals surface area contributed by atoms with Gasteiger partial charge in [0, 0.05) is 11.6 Å². The molecular formula is C9H9BrClNO. The Bertz CT molecular complexity index is 286. The summed E-state index contributed by atoms with van der Waals surface area (Å²) in [5.41, 5.74) is 1.04. The normalized spacial score (nSPS) is 9.69. The molecule has 1 rings (SSSR count). The summed E-state index contributed by atoms with van der Waals surface area (Å²) in [6.45, 7) is 0.543. The summed E-state index contributed by atoms with van der Waals surface area (Å²) in [6, 6.07) is 7.38. The molecule has 0 saturated heterocycles. The fraction of sp³-hybridized carbons (Fsp3) is 0.222. The molecule has 0 bridgehead atoms. The maximum atomic E-state index is 10.9. The van der Waals surface area contributed by atoms with Crippen LogP contribution < -0.4 is 5.32 Å². The van der Waals surface area contributed by atoms with Crippen molar-refractivity contribution >= 4 is 33.4 Å². The third kappa shape index (κ3) is 3.79. The van der Waals surface area contributed by atoms with Crippen LogP contribution in [0.25, 0.3) is 0 Å². The molecule has 0 aliphatic carbocycles. The molecule has 2 nitrogen and oxygen atoms in total. The number of hydrogen-bond acceptors (Lipinski definition) is 1. The Kier molecular flexibility index (Phi) is 4.25. The monoisotopic (exact) mass is 261 g/mol. The van der Waals surface area contributed by atoms with Gasteiger partial charge in [0.2, 0.25) is 5.91 Å². The zero-order chi connectivity index (χ0) is 9.68. The minimum atomic E-state index is -0.0186. The Balaban J connectivity index is 2.46. The number of carbonyl (C=O) groups is 1. The van der Waals surface area contributed by atoms with E-state index < -0.39 is 0 Å². The zero-order valence-electron chi connectivity index (χ0n) is 6.89. The zero-order valence-corrected chi connectivity index (χ0v) is 9.23. The smallest absolute Gasteiger partial charge is 0.230 e. The molecule has 0 saturated carbocycles. The van der Waals surface area contributed by atoms with Crippen molar-refractivity contribution in [2.45, 2.75) is 6.54 Å². The highest BCUT2D eigenvalue weighted by molar-refractivity contribution is 9.09. The summed E-state index contributed by atoms with van der Waals surface area (Å²) in [4.78, 5) is 10.9. The van der Waals surface area contributed by atoms with Crippen LogP contribution in [0.15, 0.2) is 24.3 Å². The number of rotatable bonds is 3. The highest BCUT2D eigenvalue weighted by atomic mass is 79.9. The van der Waals surface area contributed by atoms with E-state index in [0.29, 0.717) is 16.9 Å². The van der Waals surface area contributed by atoms with Crippen molar-refractivity contribution in [1.82, 2.24) is 5.32 Å². The van der Waals surface area contributed by atoms with E-state index in [4.69, 9.17) is 11.6 Å². The number of alkyl halides is 1. The Labute approximate surface area is 90.4 Å². The molecule has 1 aromatic rings. The van der Waals surface area contributed by atoms with Crippen LogP contribution in [0, 0.1) is 0 Å². The fourth-order valence-corrected chi connectivity index (χ4v) is 1.17. The number of hydrogen-bond donors (Lipinski definition) is 1. The van der Waals surface area contributed by atoms with Gasteiger partial charge in [0.05, 0.1) is 5.33 Å². The second-order valence-electron chi connectivity index (χ2n) is 2.54. The third-order valence-corrected chi connectivity index (χ3v) is 2.29. The van der Waals surface area contributed by atoms with Crippen molar-refractivity contribution in [3.63, 3.8) is 0 Å². The van der Waals surface area contributed by atoms with Gasteiger partial charge < -0.3 is 5.32 Å². The molecule has 1 amide bonds. The largest absolute Gasteiger partial charge is 0.351 e. The summed E-state index contributed by atoms with van der Waals surface area (Å²) in [6.07, 6.45) is 0. The van der Waals surface area contributed by atoms with Gasteiger partial charge in [0.1, 0.15) is 0 Å². The highest BCUT2D eigenvalue weighted by Crippen LogP contribution is 2.08. The van der Waals surface area contributed by atoms with Crippen LogP contribution in [0.3, 0.4) is 0 Å². The Morgan fingerprint density at radius 1 is 1.38 bits per heavy atom. The molecule has 0 aliphatic rings. The van der Waals surface area contributed by atoms with E-state index in [0.717, 1.165) is 5.56 Å². The van der Waals surface area contributed by atoms with E-state index >= 15 is 0 Å². The van der Waals surface area contributed by atoms with Crippen molar-refractivity contribution in [2.75, 3.05) is 5.33 Å². The van der Waals surface area contributed by atoms with Crippen LogP contribution >= 0.6 is 27.5 Å². The SMILES string of the molecule is O=C(CBr)NCc1ccc(Cl)cc1. The van der Waals surface area contributed by atoms with Crippen LogP contribution in [-0.2, 0) is 11.3 Å². The summed E-state index contributed by atoms with van der Waals surface area (Å²) in [7, 11) is 0. The first-order valence-corrected chi connectivity index (χ1v) is 5.29. The third-order valence-electron chi connectivity index (χ3n) is 1.52. The van der Waals surface area contributed by atoms with Gasteiger partial charge in [-0.1, -0.05) is 39.7 Å². The Morgan fingerprint density at radius 2 is 2.00 bits per heavy atom. The van der Waals surface area contributed by atoms with E-state index in [2.05, 4.69) is 21.2 Å². The molecular weight excluding hydrogens is 253 g/mol. The van der Waals surface area contributed by atoms with Crippen LogP contribution in [0.5, 0.6) is 0 Å². The Morgan fingerprint density at radius 3 is 2.54 bits per heavy atom. The number of carbonyl (C=O) groups excluding carboxylic acids is 1. The second-order valence-corrected chi connectivity index (χ2v) is 3.53. The van der Waals surface area contributed by atoms with Gasteiger partial charge in [-0.25, -0.2) is 0 Å². The molecule has 0 heterocycles. The first kappa shape index (κ1) is 10.5. The molecule has 0 unspecified atom stereocenters. The first-order chi connectivity index (χ1) is 6.22. The summed E-state index contributed by atoms with van der Waals surface area (Å²) in [5.74, 6) is -0.0186. The number of nitrogens with one attached hydrogen (secondary N) is 1. The van der Waals surface area contributed by atoms with Gasteiger partial charge in [0.25, 0.3) is 0 Å². The van der Waals surface area contributed by atoms with Crippen molar-refractivity contribution in [3.8, 4) is 0 Å². The van der Waals surface area contributed by atoms with E-state index in [-0.39, 0.29) is 5.91 Å². The lowest BCUT2D eigenvalue weighted by atomic mass is 10.2. The van der Waals surface area contributed by atoms with Gasteiger partial charge in [-0.2, -0.15) is 0 Å². The van der Waals surface area contributed by atoms with Crippen LogP contribution in [-0.4, -0.2) is 11.2 Å². The molecule has 1 N–H and O–H groups in total. The van der Waals surface area contributed by atoms with E-state index in [1.54, 1.807) is 12.1 Å². The number of halogens is 2. The summed E-state index contributed by atoms with van der Waals surface area (Å²) in [5, 5.41) is 3.78. The van der Waals surface area contributed by atoms with Gasteiger partial charge in [-0.3, -0.25) is 4.79 Å². The van der Waals surface area contributed by atoms with Crippen molar-refractivity contribution in [2.24, 2.45) is 0 Å². The first-order valence-electron chi connectivity index (χ1n) is 3.79. The van der Waals surface area contributed by atoms with Crippen LogP contribution in [0.2, 0.25) is 5.02 Å². The summed E-state index contributed by atoms with van der Waals surface area (Å²) < 4.78 is 0. The molecule has 0 spiro atoms. The van der Waals surface area contributed by atoms with E-state index in [1.165, 1.54) is 0 Å². The molecule has 0 radical (unpaired) electrons. The molecule has 70 valence electrons.